The molecule has 0 atom stereocenters. The Kier molecular flexibility index (Phi) is 4.61. The van der Waals surface area contributed by atoms with Crippen LogP contribution < -0.4 is 10.5 Å². The number of nitrogens with one attached hydrogen (secondary N) is 1. The molecule has 0 radical (unpaired) electrons. The molecule has 108 valence electrons. The molecule has 0 fully saturated rings. The summed E-state index contributed by atoms with van der Waals surface area (Å²) in [7, 11) is -3.68. The summed E-state index contributed by atoms with van der Waals surface area (Å²) in [4.78, 5) is 0.790. The molecule has 3 N–H and O–H groups in total. The van der Waals surface area contributed by atoms with Crippen LogP contribution in [0.2, 0.25) is 10.0 Å². The summed E-state index contributed by atoms with van der Waals surface area (Å²) >= 11 is 13.1. The summed E-state index contributed by atoms with van der Waals surface area (Å²) in [5.74, 6) is 0. The van der Waals surface area contributed by atoms with Crippen molar-refractivity contribution in [3.05, 3.63) is 44.8 Å². The average molecular weight is 351 g/mol. The molecule has 0 aliphatic carbocycles. The van der Waals surface area contributed by atoms with Crippen molar-refractivity contribution in [2.45, 2.75) is 17.7 Å². The van der Waals surface area contributed by atoms with E-state index in [2.05, 4.69) is 4.72 Å². The van der Waals surface area contributed by atoms with E-state index >= 15 is 0 Å². The van der Waals surface area contributed by atoms with Crippen molar-refractivity contribution in [2.75, 3.05) is 4.72 Å². The Balaban J connectivity index is 2.35. The molecule has 1 aromatic heterocycles. The first kappa shape index (κ1) is 15.6. The van der Waals surface area contributed by atoms with Crippen molar-refractivity contribution in [1.82, 2.24) is 0 Å². The molecule has 2 aromatic rings. The molecule has 0 bridgehead atoms. The fourth-order valence-corrected chi connectivity index (χ4v) is 4.32. The summed E-state index contributed by atoms with van der Waals surface area (Å²) < 4.78 is 27.1. The van der Waals surface area contributed by atoms with Gasteiger partial charge in [-0.3, -0.25) is 4.72 Å². The SMILES string of the molecule is Cc1cc(Cl)c(NS(=O)(=O)c2ccc(CN)s2)cc1Cl. The zero-order valence-corrected chi connectivity index (χ0v) is 13.6. The van der Waals surface area contributed by atoms with Crippen LogP contribution in [-0.4, -0.2) is 8.42 Å². The Morgan fingerprint density at radius 3 is 2.55 bits per heavy atom. The predicted molar refractivity (Wildman–Crippen MR) is 84.2 cm³/mol. The number of anilines is 1. The number of thiophene rings is 1. The van der Waals surface area contributed by atoms with Gasteiger partial charge in [-0.2, -0.15) is 0 Å². The summed E-state index contributed by atoms with van der Waals surface area (Å²) in [6.07, 6.45) is 0. The lowest BCUT2D eigenvalue weighted by Crippen LogP contribution is -2.12. The third kappa shape index (κ3) is 3.27. The quantitative estimate of drug-likeness (QED) is 0.884. The second-order valence-electron chi connectivity index (χ2n) is 4.11. The Bertz CT molecular complexity index is 742. The van der Waals surface area contributed by atoms with Crippen LogP contribution in [0.3, 0.4) is 0 Å². The van der Waals surface area contributed by atoms with Gasteiger partial charge in [-0.25, -0.2) is 8.42 Å². The monoisotopic (exact) mass is 350 g/mol. The fraction of sp³-hybridized carbons (Fsp3) is 0.167. The maximum absolute atomic E-state index is 12.2. The molecule has 20 heavy (non-hydrogen) atoms. The fourth-order valence-electron chi connectivity index (χ4n) is 1.53. The van der Waals surface area contributed by atoms with E-state index in [-0.39, 0.29) is 9.90 Å². The highest BCUT2D eigenvalue weighted by Gasteiger charge is 2.18. The third-order valence-corrected chi connectivity index (χ3v) is 6.28. The Morgan fingerprint density at radius 2 is 1.95 bits per heavy atom. The molecule has 1 aromatic carbocycles. The van der Waals surface area contributed by atoms with Gasteiger partial charge in [0.05, 0.1) is 10.7 Å². The molecule has 0 saturated heterocycles. The van der Waals surface area contributed by atoms with Gasteiger partial charge in [0.2, 0.25) is 0 Å². The number of hydrogen-bond acceptors (Lipinski definition) is 4. The predicted octanol–water partition coefficient (Wildman–Crippen LogP) is 3.62. The average Bonchev–Trinajstić information content (AvgIpc) is 2.85. The van der Waals surface area contributed by atoms with Crippen LogP contribution in [0.25, 0.3) is 0 Å². The molecule has 0 aliphatic heterocycles. The molecule has 1 heterocycles. The Morgan fingerprint density at radius 1 is 1.25 bits per heavy atom. The van der Waals surface area contributed by atoms with E-state index in [9.17, 15) is 8.42 Å². The molecule has 4 nitrogen and oxygen atoms in total. The highest BCUT2D eigenvalue weighted by molar-refractivity contribution is 7.94. The van der Waals surface area contributed by atoms with E-state index in [0.717, 1.165) is 21.8 Å². The van der Waals surface area contributed by atoms with Gasteiger partial charge in [-0.15, -0.1) is 11.3 Å². The van der Waals surface area contributed by atoms with Crippen molar-refractivity contribution in [3.8, 4) is 0 Å². The van der Waals surface area contributed by atoms with Crippen LogP contribution in [0.1, 0.15) is 10.4 Å². The lowest BCUT2D eigenvalue weighted by atomic mass is 10.2. The molecule has 8 heteroatoms. The number of hydrogen-bond donors (Lipinski definition) is 2. The number of sulfonamides is 1. The highest BCUT2D eigenvalue weighted by Crippen LogP contribution is 2.31. The standard InChI is InChI=1S/C12H12Cl2N2O2S2/c1-7-4-10(14)11(5-9(7)13)16-20(17,18)12-3-2-8(6-15)19-12/h2-5,16H,6,15H2,1H3. The lowest BCUT2D eigenvalue weighted by Gasteiger charge is -2.10. The molecular weight excluding hydrogens is 339 g/mol. The molecule has 0 saturated carbocycles. The largest absolute Gasteiger partial charge is 0.326 e. The zero-order valence-electron chi connectivity index (χ0n) is 10.5. The van der Waals surface area contributed by atoms with E-state index in [0.29, 0.717) is 16.6 Å². The van der Waals surface area contributed by atoms with Gasteiger partial charge in [0.15, 0.2) is 0 Å². The first-order valence-corrected chi connectivity index (χ1v) is 8.66. The summed E-state index contributed by atoms with van der Waals surface area (Å²) in [5, 5.41) is 0.743. The second-order valence-corrected chi connectivity index (χ2v) is 8.00. The van der Waals surface area contributed by atoms with E-state index in [4.69, 9.17) is 28.9 Å². The van der Waals surface area contributed by atoms with Crippen molar-refractivity contribution >= 4 is 50.2 Å². The van der Waals surface area contributed by atoms with E-state index in [1.54, 1.807) is 19.1 Å². The van der Waals surface area contributed by atoms with E-state index in [1.807, 2.05) is 0 Å². The molecule has 0 unspecified atom stereocenters. The minimum Gasteiger partial charge on any atom is -0.326 e. The Hall–Kier alpha value is -0.790. The minimum atomic E-state index is -3.68. The van der Waals surface area contributed by atoms with Gasteiger partial charge in [0.1, 0.15) is 4.21 Å². The minimum absolute atomic E-state index is 0.186. The van der Waals surface area contributed by atoms with Gasteiger partial charge < -0.3 is 5.73 Å². The molecule has 2 rings (SSSR count). The summed E-state index contributed by atoms with van der Waals surface area (Å²) in [5.41, 5.74) is 6.51. The lowest BCUT2D eigenvalue weighted by molar-refractivity contribution is 0.603. The summed E-state index contributed by atoms with van der Waals surface area (Å²) in [6.45, 7) is 2.09. The van der Waals surface area contributed by atoms with Crippen LogP contribution >= 0.6 is 34.5 Å². The maximum Gasteiger partial charge on any atom is 0.271 e. The first-order chi connectivity index (χ1) is 9.33. The molecule has 0 spiro atoms. The van der Waals surface area contributed by atoms with Crippen molar-refractivity contribution < 1.29 is 8.42 Å². The van der Waals surface area contributed by atoms with Gasteiger partial charge in [0, 0.05) is 16.4 Å². The summed E-state index contributed by atoms with van der Waals surface area (Å²) in [6, 6.07) is 6.30. The third-order valence-electron chi connectivity index (χ3n) is 2.60. The number of aryl methyl sites for hydroxylation is 1. The smallest absolute Gasteiger partial charge is 0.271 e. The van der Waals surface area contributed by atoms with Gasteiger partial charge in [-0.1, -0.05) is 23.2 Å². The second kappa shape index (κ2) is 5.91. The van der Waals surface area contributed by atoms with Gasteiger partial charge >= 0.3 is 0 Å². The van der Waals surface area contributed by atoms with E-state index < -0.39 is 10.0 Å². The first-order valence-electron chi connectivity index (χ1n) is 5.60. The molecule has 0 amide bonds. The Labute approximate surface area is 131 Å². The number of rotatable bonds is 4. The van der Waals surface area contributed by atoms with Crippen LogP contribution in [0.15, 0.2) is 28.5 Å². The van der Waals surface area contributed by atoms with Crippen molar-refractivity contribution in [3.63, 3.8) is 0 Å². The van der Waals surface area contributed by atoms with Gasteiger partial charge in [-0.05, 0) is 36.8 Å². The van der Waals surface area contributed by atoms with Crippen LogP contribution in [0.5, 0.6) is 0 Å². The van der Waals surface area contributed by atoms with Crippen LogP contribution in [0.4, 0.5) is 5.69 Å². The van der Waals surface area contributed by atoms with Gasteiger partial charge in [0.25, 0.3) is 10.0 Å². The normalized spacial score (nSPS) is 11.6. The van der Waals surface area contributed by atoms with Crippen LogP contribution in [-0.2, 0) is 16.6 Å². The number of nitrogens with two attached hydrogens (primary N) is 1. The number of halogens is 2. The topological polar surface area (TPSA) is 72.2 Å². The number of benzene rings is 1. The van der Waals surface area contributed by atoms with E-state index in [1.165, 1.54) is 12.1 Å². The molecule has 0 aliphatic rings. The van der Waals surface area contributed by atoms with Crippen molar-refractivity contribution in [2.24, 2.45) is 5.73 Å². The van der Waals surface area contributed by atoms with Crippen molar-refractivity contribution in [1.29, 1.82) is 0 Å². The highest BCUT2D eigenvalue weighted by atomic mass is 35.5. The molecular formula is C12H12Cl2N2O2S2. The maximum atomic E-state index is 12.2. The van der Waals surface area contributed by atoms with Crippen LogP contribution in [0, 0.1) is 6.92 Å². The zero-order chi connectivity index (χ0) is 14.9.